The van der Waals surface area contributed by atoms with Crippen LogP contribution in [0.5, 0.6) is 0 Å². The Morgan fingerprint density at radius 1 is 0.840 bits per heavy atom. The van der Waals surface area contributed by atoms with Crippen molar-refractivity contribution in [1.82, 2.24) is 4.98 Å². The first kappa shape index (κ1) is 15.9. The Labute approximate surface area is 153 Å². The van der Waals surface area contributed by atoms with Crippen molar-refractivity contribution in [2.45, 2.75) is 0 Å². The molecule has 0 aliphatic heterocycles. The van der Waals surface area contributed by atoms with E-state index in [0.29, 0.717) is 5.56 Å². The van der Waals surface area contributed by atoms with Crippen LogP contribution in [0.1, 0.15) is 5.56 Å². The molecule has 0 radical (unpaired) electrons. The van der Waals surface area contributed by atoms with Crippen molar-refractivity contribution in [3.05, 3.63) is 76.3 Å². The summed E-state index contributed by atoms with van der Waals surface area (Å²) < 4.78 is 0. The summed E-state index contributed by atoms with van der Waals surface area (Å²) in [6.45, 7) is 0. The maximum atomic E-state index is 12.7. The van der Waals surface area contributed by atoms with Crippen molar-refractivity contribution < 1.29 is 9.59 Å². The van der Waals surface area contributed by atoms with E-state index in [1.54, 1.807) is 0 Å². The highest BCUT2D eigenvalue weighted by molar-refractivity contribution is 6.62. The standard InChI is InChI=1S/C20H11Cl2NO2/c21-13-10-15(24)18(22)17(20(13)25)16-12-8-4-5-9-14(12)23-19(16)11-6-2-1-3-7-11/h1-10,23H. The second-order valence-electron chi connectivity index (χ2n) is 5.66. The van der Waals surface area contributed by atoms with Gasteiger partial charge in [0.25, 0.3) is 0 Å². The molecule has 0 spiro atoms. The Bertz CT molecular complexity index is 1090. The van der Waals surface area contributed by atoms with E-state index in [1.807, 2.05) is 54.6 Å². The van der Waals surface area contributed by atoms with Gasteiger partial charge in [0.05, 0.1) is 21.3 Å². The molecule has 1 heterocycles. The van der Waals surface area contributed by atoms with Crippen molar-refractivity contribution in [1.29, 1.82) is 0 Å². The fourth-order valence-corrected chi connectivity index (χ4v) is 3.46. The molecular formula is C20H11Cl2NO2. The Morgan fingerprint density at radius 3 is 2.28 bits per heavy atom. The SMILES string of the molecule is O=C1C=C(Cl)C(=O)C(c2c(-c3ccccc3)[nH]c3ccccc23)=C1Cl. The number of aromatic nitrogens is 1. The van der Waals surface area contributed by atoms with E-state index in [-0.39, 0.29) is 15.6 Å². The first-order valence-corrected chi connectivity index (χ1v) is 8.36. The van der Waals surface area contributed by atoms with E-state index in [0.717, 1.165) is 28.2 Å². The van der Waals surface area contributed by atoms with E-state index in [2.05, 4.69) is 4.98 Å². The lowest BCUT2D eigenvalue weighted by Crippen LogP contribution is -2.14. The maximum Gasteiger partial charge on any atom is 0.206 e. The molecule has 0 amide bonds. The number of fused-ring (bicyclic) bond motifs is 1. The average molecular weight is 368 g/mol. The van der Waals surface area contributed by atoms with E-state index >= 15 is 0 Å². The number of halogens is 2. The number of rotatable bonds is 2. The van der Waals surface area contributed by atoms with Gasteiger partial charge in [-0.1, -0.05) is 71.7 Å². The Kier molecular flexibility index (Phi) is 3.83. The number of benzene rings is 2. The number of para-hydroxylation sites is 1. The number of carbonyl (C=O) groups excluding carboxylic acids is 2. The second-order valence-corrected chi connectivity index (χ2v) is 6.45. The zero-order chi connectivity index (χ0) is 17.6. The van der Waals surface area contributed by atoms with Gasteiger partial charge in [-0.2, -0.15) is 0 Å². The smallest absolute Gasteiger partial charge is 0.206 e. The number of aromatic amines is 1. The number of H-pyrrole nitrogens is 1. The van der Waals surface area contributed by atoms with Crippen molar-refractivity contribution in [3.63, 3.8) is 0 Å². The number of carbonyl (C=O) groups is 2. The summed E-state index contributed by atoms with van der Waals surface area (Å²) >= 11 is 12.2. The van der Waals surface area contributed by atoms with Gasteiger partial charge in [0.15, 0.2) is 5.78 Å². The lowest BCUT2D eigenvalue weighted by molar-refractivity contribution is -0.113. The summed E-state index contributed by atoms with van der Waals surface area (Å²) in [4.78, 5) is 28.2. The molecule has 4 rings (SSSR count). The Hall–Kier alpha value is -2.62. The lowest BCUT2D eigenvalue weighted by Gasteiger charge is -2.14. The van der Waals surface area contributed by atoms with Crippen molar-refractivity contribution in [2.75, 3.05) is 0 Å². The second kappa shape index (κ2) is 6.03. The highest BCUT2D eigenvalue weighted by Crippen LogP contribution is 2.40. The van der Waals surface area contributed by atoms with E-state index in [1.165, 1.54) is 0 Å². The van der Waals surface area contributed by atoms with Gasteiger partial charge in [-0.05, 0) is 11.6 Å². The van der Waals surface area contributed by atoms with Gasteiger partial charge in [-0.15, -0.1) is 0 Å². The number of hydrogen-bond donors (Lipinski definition) is 1. The van der Waals surface area contributed by atoms with Crippen molar-refractivity contribution in [3.8, 4) is 11.3 Å². The highest BCUT2D eigenvalue weighted by Gasteiger charge is 2.31. The highest BCUT2D eigenvalue weighted by atomic mass is 35.5. The van der Waals surface area contributed by atoms with Gasteiger partial charge >= 0.3 is 0 Å². The third-order valence-electron chi connectivity index (χ3n) is 4.16. The van der Waals surface area contributed by atoms with Gasteiger partial charge in [-0.25, -0.2) is 0 Å². The predicted molar refractivity (Wildman–Crippen MR) is 100 cm³/mol. The van der Waals surface area contributed by atoms with E-state index in [9.17, 15) is 9.59 Å². The summed E-state index contributed by atoms with van der Waals surface area (Å²) in [6.07, 6.45) is 1.06. The van der Waals surface area contributed by atoms with Crippen molar-refractivity contribution in [2.24, 2.45) is 0 Å². The fourth-order valence-electron chi connectivity index (χ4n) is 3.03. The molecule has 0 saturated carbocycles. The van der Waals surface area contributed by atoms with Gasteiger partial charge in [-0.3, -0.25) is 9.59 Å². The normalized spacial score (nSPS) is 15.0. The summed E-state index contributed by atoms with van der Waals surface area (Å²) in [6, 6.07) is 17.1. The largest absolute Gasteiger partial charge is 0.354 e. The van der Waals surface area contributed by atoms with Gasteiger partial charge in [0.2, 0.25) is 5.78 Å². The maximum absolute atomic E-state index is 12.7. The van der Waals surface area contributed by atoms with Crippen LogP contribution in [0.15, 0.2) is 70.7 Å². The summed E-state index contributed by atoms with van der Waals surface area (Å²) in [5, 5.41) is 0.562. The number of Topliss-reactive ketones (excluding diaryl/α,β-unsaturated/α-hetero) is 1. The predicted octanol–water partition coefficient (Wildman–Crippen LogP) is 5.06. The molecule has 1 aliphatic carbocycles. The first-order chi connectivity index (χ1) is 12.1. The van der Waals surface area contributed by atoms with Crippen LogP contribution in [0.3, 0.4) is 0 Å². The minimum absolute atomic E-state index is 0.115. The molecular weight excluding hydrogens is 357 g/mol. The van der Waals surface area contributed by atoms with Crippen LogP contribution >= 0.6 is 23.2 Å². The Balaban J connectivity index is 2.09. The number of allylic oxidation sites excluding steroid dienone is 4. The minimum atomic E-state index is -0.467. The third kappa shape index (κ3) is 2.53. The van der Waals surface area contributed by atoms with Crippen LogP contribution in [-0.4, -0.2) is 16.6 Å². The monoisotopic (exact) mass is 367 g/mol. The minimum Gasteiger partial charge on any atom is -0.354 e. The topological polar surface area (TPSA) is 49.9 Å². The van der Waals surface area contributed by atoms with E-state index < -0.39 is 11.6 Å². The molecule has 0 unspecified atom stereocenters. The van der Waals surface area contributed by atoms with E-state index in [4.69, 9.17) is 23.2 Å². The molecule has 1 N–H and O–H groups in total. The molecule has 2 aromatic carbocycles. The molecule has 25 heavy (non-hydrogen) atoms. The molecule has 5 heteroatoms. The van der Waals surface area contributed by atoms with Crippen LogP contribution in [0, 0.1) is 0 Å². The number of ketones is 2. The number of hydrogen-bond acceptors (Lipinski definition) is 2. The molecule has 1 aromatic heterocycles. The van der Waals surface area contributed by atoms with Gasteiger partial charge in [0, 0.05) is 22.5 Å². The zero-order valence-electron chi connectivity index (χ0n) is 12.8. The third-order valence-corrected chi connectivity index (χ3v) is 4.81. The lowest BCUT2D eigenvalue weighted by atomic mass is 9.91. The quantitative estimate of drug-likeness (QED) is 0.643. The molecule has 0 saturated heterocycles. The molecule has 0 fully saturated rings. The first-order valence-electron chi connectivity index (χ1n) is 7.60. The van der Waals surface area contributed by atoms with Gasteiger partial charge in [0.1, 0.15) is 0 Å². The summed E-state index contributed by atoms with van der Waals surface area (Å²) in [7, 11) is 0. The van der Waals surface area contributed by atoms with Crippen molar-refractivity contribution >= 4 is 51.2 Å². The van der Waals surface area contributed by atoms with Crippen LogP contribution < -0.4 is 0 Å². The Morgan fingerprint density at radius 2 is 1.52 bits per heavy atom. The van der Waals surface area contributed by atoms with Crippen LogP contribution in [0.25, 0.3) is 27.7 Å². The fraction of sp³-hybridized carbons (Fsp3) is 0. The average Bonchev–Trinajstić information content (AvgIpc) is 3.01. The van der Waals surface area contributed by atoms with Crippen LogP contribution in [0.2, 0.25) is 0 Å². The molecule has 3 nitrogen and oxygen atoms in total. The van der Waals surface area contributed by atoms with Crippen LogP contribution in [0.4, 0.5) is 0 Å². The molecule has 0 atom stereocenters. The zero-order valence-corrected chi connectivity index (χ0v) is 14.4. The molecule has 122 valence electrons. The molecule has 1 aliphatic rings. The number of nitrogens with one attached hydrogen (secondary N) is 1. The van der Waals surface area contributed by atoms with Crippen LogP contribution in [-0.2, 0) is 9.59 Å². The molecule has 3 aromatic rings. The summed E-state index contributed by atoms with van der Waals surface area (Å²) in [5.41, 5.74) is 3.19. The molecule has 0 bridgehead atoms. The van der Waals surface area contributed by atoms with Gasteiger partial charge < -0.3 is 4.98 Å². The summed E-state index contributed by atoms with van der Waals surface area (Å²) in [5.74, 6) is -0.918.